The number of amides is 1. The normalized spacial score (nSPS) is 17.4. The molecule has 5 heteroatoms. The summed E-state index contributed by atoms with van der Waals surface area (Å²) in [5.74, 6) is 1.22. The predicted molar refractivity (Wildman–Crippen MR) is 68.0 cm³/mol. The molecule has 1 aromatic heterocycles. The van der Waals surface area contributed by atoms with Crippen molar-refractivity contribution in [2.24, 2.45) is 5.92 Å². The molecular weight excluding hydrogens is 244 g/mol. The largest absolute Gasteiger partial charge is 0.493 e. The Morgan fingerprint density at radius 3 is 3.11 bits per heavy atom. The lowest BCUT2D eigenvalue weighted by Gasteiger charge is -2.25. The molecule has 1 aliphatic rings. The second-order valence-electron chi connectivity index (χ2n) is 4.58. The average Bonchev–Trinajstić information content (AvgIpc) is 2.99. The molecule has 0 saturated carbocycles. The minimum Gasteiger partial charge on any atom is -0.493 e. The van der Waals surface area contributed by atoms with Gasteiger partial charge in [0.25, 0.3) is 5.91 Å². The third-order valence-electron chi connectivity index (χ3n) is 3.17. The zero-order chi connectivity index (χ0) is 13.1. The van der Waals surface area contributed by atoms with Crippen molar-refractivity contribution in [3.63, 3.8) is 0 Å². The predicted octanol–water partition coefficient (Wildman–Crippen LogP) is 1.66. The van der Waals surface area contributed by atoms with Crippen LogP contribution >= 0.6 is 0 Å². The fourth-order valence-electron chi connectivity index (χ4n) is 2.18. The Balaban J connectivity index is 1.57. The highest BCUT2D eigenvalue weighted by molar-refractivity contribution is 5.91. The van der Waals surface area contributed by atoms with Crippen LogP contribution in [0.15, 0.2) is 41.1 Å². The van der Waals surface area contributed by atoms with E-state index in [2.05, 4.69) is 16.5 Å². The lowest BCUT2D eigenvalue weighted by atomic mass is 9.97. The summed E-state index contributed by atoms with van der Waals surface area (Å²) in [6.45, 7) is 1.18. The molecule has 0 bridgehead atoms. The minimum atomic E-state index is -0.239. The van der Waals surface area contributed by atoms with Gasteiger partial charge in [0.05, 0.1) is 12.8 Å². The molecule has 2 aromatic rings. The number of nitrogens with zero attached hydrogens (tertiary/aromatic N) is 1. The van der Waals surface area contributed by atoms with E-state index in [4.69, 9.17) is 9.26 Å². The molecule has 0 fully saturated rings. The van der Waals surface area contributed by atoms with Gasteiger partial charge in [-0.15, -0.1) is 0 Å². The van der Waals surface area contributed by atoms with Gasteiger partial charge in [0.2, 0.25) is 5.76 Å². The lowest BCUT2D eigenvalue weighted by Crippen LogP contribution is -2.34. The summed E-state index contributed by atoms with van der Waals surface area (Å²) in [5, 5.41) is 6.34. The highest BCUT2D eigenvalue weighted by Crippen LogP contribution is 2.26. The van der Waals surface area contributed by atoms with Crippen LogP contribution < -0.4 is 10.1 Å². The van der Waals surface area contributed by atoms with Crippen LogP contribution in [0.1, 0.15) is 16.1 Å². The number of fused-ring (bicyclic) bond motifs is 1. The Bertz CT molecular complexity index is 566. The Kier molecular flexibility index (Phi) is 3.18. The summed E-state index contributed by atoms with van der Waals surface area (Å²) in [4.78, 5) is 11.7. The monoisotopic (exact) mass is 258 g/mol. The molecule has 1 atom stereocenters. The highest BCUT2D eigenvalue weighted by Gasteiger charge is 2.20. The molecular formula is C14H14N2O3. The van der Waals surface area contributed by atoms with Crippen molar-refractivity contribution in [1.82, 2.24) is 10.5 Å². The Labute approximate surface area is 110 Å². The first-order valence-corrected chi connectivity index (χ1v) is 6.22. The molecule has 0 radical (unpaired) electrons. The number of carbonyl (C=O) groups is 1. The first-order chi connectivity index (χ1) is 9.33. The van der Waals surface area contributed by atoms with Crippen molar-refractivity contribution in [2.75, 3.05) is 13.2 Å². The van der Waals surface area contributed by atoms with Crippen LogP contribution in [0.3, 0.4) is 0 Å². The van der Waals surface area contributed by atoms with E-state index in [1.165, 1.54) is 11.8 Å². The van der Waals surface area contributed by atoms with Gasteiger partial charge in [-0.25, -0.2) is 0 Å². The van der Waals surface area contributed by atoms with Gasteiger partial charge < -0.3 is 14.6 Å². The van der Waals surface area contributed by atoms with Crippen LogP contribution in [0.2, 0.25) is 0 Å². The van der Waals surface area contributed by atoms with Crippen molar-refractivity contribution in [3.8, 4) is 5.75 Å². The first-order valence-electron chi connectivity index (χ1n) is 6.22. The number of carbonyl (C=O) groups excluding carboxylic acids is 1. The molecule has 0 aliphatic carbocycles. The fourth-order valence-corrected chi connectivity index (χ4v) is 2.18. The van der Waals surface area contributed by atoms with E-state index in [1.54, 1.807) is 6.07 Å². The second-order valence-corrected chi connectivity index (χ2v) is 4.58. The van der Waals surface area contributed by atoms with E-state index in [-0.39, 0.29) is 17.6 Å². The molecule has 19 heavy (non-hydrogen) atoms. The van der Waals surface area contributed by atoms with Crippen molar-refractivity contribution in [2.45, 2.75) is 6.42 Å². The van der Waals surface area contributed by atoms with Crippen LogP contribution in [0, 0.1) is 5.92 Å². The summed E-state index contributed by atoms with van der Waals surface area (Å²) in [7, 11) is 0. The van der Waals surface area contributed by atoms with E-state index < -0.39 is 0 Å². The third kappa shape index (κ3) is 2.59. The fraction of sp³-hybridized carbons (Fsp3) is 0.286. The smallest absolute Gasteiger partial charge is 0.289 e. The molecule has 1 N–H and O–H groups in total. The molecule has 1 amide bonds. The maximum atomic E-state index is 11.7. The van der Waals surface area contributed by atoms with Crippen molar-refractivity contribution in [1.29, 1.82) is 0 Å². The number of nitrogens with one attached hydrogen (secondary N) is 1. The maximum Gasteiger partial charge on any atom is 0.289 e. The third-order valence-corrected chi connectivity index (χ3v) is 3.17. The molecule has 0 unspecified atom stereocenters. The summed E-state index contributed by atoms with van der Waals surface area (Å²) >= 11 is 0. The average molecular weight is 258 g/mol. The molecule has 98 valence electrons. The van der Waals surface area contributed by atoms with Crippen LogP contribution in [0.5, 0.6) is 5.75 Å². The molecule has 5 nitrogen and oxygen atoms in total. The van der Waals surface area contributed by atoms with E-state index in [0.717, 1.165) is 12.2 Å². The zero-order valence-corrected chi connectivity index (χ0v) is 10.3. The Morgan fingerprint density at radius 1 is 1.37 bits per heavy atom. The number of hydrogen-bond acceptors (Lipinski definition) is 4. The van der Waals surface area contributed by atoms with E-state index in [9.17, 15) is 4.79 Å². The maximum absolute atomic E-state index is 11.7. The van der Waals surface area contributed by atoms with Crippen LogP contribution in [-0.2, 0) is 6.42 Å². The molecule has 0 spiro atoms. The molecule has 1 aromatic carbocycles. The summed E-state index contributed by atoms with van der Waals surface area (Å²) < 4.78 is 10.5. The van der Waals surface area contributed by atoms with Gasteiger partial charge in [0.1, 0.15) is 5.75 Å². The van der Waals surface area contributed by atoms with Crippen LogP contribution in [0.4, 0.5) is 0 Å². The van der Waals surface area contributed by atoms with E-state index in [1.807, 2.05) is 18.2 Å². The van der Waals surface area contributed by atoms with E-state index in [0.29, 0.717) is 13.2 Å². The van der Waals surface area contributed by atoms with Gasteiger partial charge >= 0.3 is 0 Å². The van der Waals surface area contributed by atoms with Gasteiger partial charge in [-0.1, -0.05) is 23.4 Å². The number of para-hydroxylation sites is 1. The molecule has 1 aliphatic heterocycles. The minimum absolute atomic E-state index is 0.233. The first kappa shape index (κ1) is 11.8. The number of benzene rings is 1. The quantitative estimate of drug-likeness (QED) is 0.909. The molecule has 2 heterocycles. The van der Waals surface area contributed by atoms with Gasteiger partial charge in [-0.2, -0.15) is 0 Å². The molecule has 0 saturated heterocycles. The van der Waals surface area contributed by atoms with Crippen molar-refractivity contribution >= 4 is 5.91 Å². The Hall–Kier alpha value is -2.30. The van der Waals surface area contributed by atoms with Gasteiger partial charge in [0, 0.05) is 18.5 Å². The number of ether oxygens (including phenoxy) is 1. The number of hydrogen-bond donors (Lipinski definition) is 1. The van der Waals surface area contributed by atoms with Crippen LogP contribution in [-0.4, -0.2) is 24.2 Å². The summed E-state index contributed by atoms with van der Waals surface area (Å²) in [5.41, 5.74) is 1.19. The van der Waals surface area contributed by atoms with Crippen LogP contribution in [0.25, 0.3) is 0 Å². The topological polar surface area (TPSA) is 64.4 Å². The Morgan fingerprint density at radius 2 is 2.26 bits per heavy atom. The van der Waals surface area contributed by atoms with Gasteiger partial charge in [-0.3, -0.25) is 4.79 Å². The number of aromatic nitrogens is 1. The summed E-state index contributed by atoms with van der Waals surface area (Å²) in [6.07, 6.45) is 2.36. The summed E-state index contributed by atoms with van der Waals surface area (Å²) in [6, 6.07) is 9.53. The van der Waals surface area contributed by atoms with Gasteiger partial charge in [0.15, 0.2) is 0 Å². The van der Waals surface area contributed by atoms with Gasteiger partial charge in [-0.05, 0) is 18.1 Å². The number of rotatable bonds is 3. The standard InChI is InChI=1S/C14H14N2O3/c17-14(13-5-6-16-19-13)15-8-10-7-11-3-1-2-4-12(11)18-9-10/h1-6,10H,7-9H2,(H,15,17)/t10-/m0/s1. The van der Waals surface area contributed by atoms with E-state index >= 15 is 0 Å². The highest BCUT2D eigenvalue weighted by atomic mass is 16.5. The zero-order valence-electron chi connectivity index (χ0n) is 10.3. The van der Waals surface area contributed by atoms with Crippen molar-refractivity contribution in [3.05, 3.63) is 47.9 Å². The SMILES string of the molecule is O=C(NC[C@H]1COc2ccccc2C1)c1ccno1. The van der Waals surface area contributed by atoms with Crippen molar-refractivity contribution < 1.29 is 14.1 Å². The lowest BCUT2D eigenvalue weighted by molar-refractivity contribution is 0.0902. The second kappa shape index (κ2) is 5.14. The molecule has 3 rings (SSSR count).